The molecule has 2 rings (SSSR count). The predicted molar refractivity (Wildman–Crippen MR) is 50.5 cm³/mol. The zero-order valence-corrected chi connectivity index (χ0v) is 7.31. The Morgan fingerprint density at radius 2 is 1.92 bits per heavy atom. The summed E-state index contributed by atoms with van der Waals surface area (Å²) >= 11 is 0. The van der Waals surface area contributed by atoms with Crippen LogP contribution in [0, 0.1) is 6.92 Å². The lowest BCUT2D eigenvalue weighted by Crippen LogP contribution is -2.02. The smallest absolute Gasteiger partial charge is 0.109 e. The fraction of sp³-hybridized carbons (Fsp3) is 0.111. The normalized spacial score (nSPS) is 10.2. The van der Waals surface area contributed by atoms with Crippen molar-refractivity contribution in [1.29, 1.82) is 0 Å². The van der Waals surface area contributed by atoms with Gasteiger partial charge in [-0.1, -0.05) is 6.07 Å². The molecule has 0 radical (unpaired) electrons. The van der Waals surface area contributed by atoms with E-state index in [0.717, 1.165) is 11.3 Å². The van der Waals surface area contributed by atoms with Gasteiger partial charge in [0, 0.05) is 0 Å². The van der Waals surface area contributed by atoms with E-state index in [1.165, 1.54) is 4.80 Å². The lowest BCUT2D eigenvalue weighted by atomic mass is 10.2. The number of rotatable bonds is 1. The Labute approximate surface area is 76.0 Å². The van der Waals surface area contributed by atoms with Crippen LogP contribution in [-0.2, 0) is 0 Å². The number of nitrogen functional groups attached to an aromatic ring is 1. The van der Waals surface area contributed by atoms with Crippen molar-refractivity contribution < 1.29 is 0 Å². The number of anilines is 1. The van der Waals surface area contributed by atoms with Crippen LogP contribution in [-0.4, -0.2) is 15.0 Å². The third kappa shape index (κ3) is 1.38. The van der Waals surface area contributed by atoms with E-state index < -0.39 is 0 Å². The number of nitrogens with two attached hydrogens (primary N) is 1. The molecule has 0 aliphatic rings. The maximum Gasteiger partial charge on any atom is 0.109 e. The van der Waals surface area contributed by atoms with Crippen molar-refractivity contribution in [2.24, 2.45) is 0 Å². The molecule has 0 saturated carbocycles. The number of benzene rings is 1. The summed E-state index contributed by atoms with van der Waals surface area (Å²) in [5.74, 6) is 0. The number of hydrogen-bond donors (Lipinski definition) is 1. The van der Waals surface area contributed by atoms with E-state index in [0.29, 0.717) is 5.69 Å². The van der Waals surface area contributed by atoms with Crippen LogP contribution < -0.4 is 5.73 Å². The molecule has 0 fully saturated rings. The molecule has 0 spiro atoms. The molecule has 0 bridgehead atoms. The van der Waals surface area contributed by atoms with Gasteiger partial charge in [0.05, 0.1) is 18.1 Å². The van der Waals surface area contributed by atoms with Gasteiger partial charge in [-0.2, -0.15) is 10.2 Å². The summed E-state index contributed by atoms with van der Waals surface area (Å²) in [7, 11) is 0. The number of aromatic nitrogens is 3. The van der Waals surface area contributed by atoms with Crippen molar-refractivity contribution in [2.75, 3.05) is 5.73 Å². The first kappa shape index (κ1) is 7.79. The second-order valence-corrected chi connectivity index (χ2v) is 2.88. The van der Waals surface area contributed by atoms with Crippen molar-refractivity contribution >= 4 is 5.69 Å². The lowest BCUT2D eigenvalue weighted by molar-refractivity contribution is 0.754. The van der Waals surface area contributed by atoms with Gasteiger partial charge in [-0.3, -0.25) is 0 Å². The number of nitrogens with zero attached hydrogens (tertiary/aromatic N) is 3. The van der Waals surface area contributed by atoms with Crippen molar-refractivity contribution in [3.05, 3.63) is 36.2 Å². The fourth-order valence-corrected chi connectivity index (χ4v) is 1.20. The van der Waals surface area contributed by atoms with Gasteiger partial charge in [-0.15, -0.1) is 4.80 Å². The Morgan fingerprint density at radius 1 is 1.23 bits per heavy atom. The van der Waals surface area contributed by atoms with Gasteiger partial charge in [0.25, 0.3) is 0 Å². The van der Waals surface area contributed by atoms with Gasteiger partial charge in [0.2, 0.25) is 0 Å². The van der Waals surface area contributed by atoms with Crippen molar-refractivity contribution in [1.82, 2.24) is 15.0 Å². The molecule has 0 unspecified atom stereocenters. The van der Waals surface area contributed by atoms with Crippen LogP contribution in [0.3, 0.4) is 0 Å². The molecule has 13 heavy (non-hydrogen) atoms. The molecule has 2 aromatic rings. The molecule has 0 aliphatic carbocycles. The minimum atomic E-state index is 0.691. The molecule has 0 amide bonds. The Balaban J connectivity index is 2.53. The maximum atomic E-state index is 5.81. The molecule has 1 heterocycles. The highest BCUT2D eigenvalue weighted by Crippen LogP contribution is 2.16. The van der Waals surface area contributed by atoms with Gasteiger partial charge >= 0.3 is 0 Å². The van der Waals surface area contributed by atoms with Crippen molar-refractivity contribution in [3.63, 3.8) is 0 Å². The van der Waals surface area contributed by atoms with Crippen molar-refractivity contribution in [2.45, 2.75) is 6.92 Å². The average Bonchev–Trinajstić information content (AvgIpc) is 2.56. The molecule has 0 atom stereocenters. The van der Waals surface area contributed by atoms with E-state index in [2.05, 4.69) is 10.2 Å². The van der Waals surface area contributed by atoms with E-state index in [4.69, 9.17) is 5.73 Å². The largest absolute Gasteiger partial charge is 0.397 e. The fourth-order valence-electron chi connectivity index (χ4n) is 1.20. The SMILES string of the molecule is Cc1ccc(-n2nccn2)c(N)c1. The van der Waals surface area contributed by atoms with E-state index in [9.17, 15) is 0 Å². The summed E-state index contributed by atoms with van der Waals surface area (Å²) in [4.78, 5) is 1.51. The highest BCUT2D eigenvalue weighted by molar-refractivity contribution is 5.57. The Morgan fingerprint density at radius 3 is 2.54 bits per heavy atom. The molecule has 0 saturated heterocycles. The summed E-state index contributed by atoms with van der Waals surface area (Å²) in [6, 6.07) is 5.79. The molecule has 66 valence electrons. The van der Waals surface area contributed by atoms with Crippen LogP contribution in [0.2, 0.25) is 0 Å². The second kappa shape index (κ2) is 2.90. The van der Waals surface area contributed by atoms with E-state index in [1.54, 1.807) is 12.4 Å². The highest BCUT2D eigenvalue weighted by Gasteiger charge is 2.01. The molecule has 1 aromatic heterocycles. The molecule has 0 aliphatic heterocycles. The van der Waals surface area contributed by atoms with E-state index in [-0.39, 0.29) is 0 Å². The quantitative estimate of drug-likeness (QED) is 0.660. The summed E-state index contributed by atoms with van der Waals surface area (Å²) in [5, 5.41) is 8.01. The Bertz CT molecular complexity index is 406. The third-order valence-electron chi connectivity index (χ3n) is 1.82. The topological polar surface area (TPSA) is 56.7 Å². The predicted octanol–water partition coefficient (Wildman–Crippen LogP) is 1.16. The van der Waals surface area contributed by atoms with Gasteiger partial charge in [-0.05, 0) is 24.6 Å². The number of hydrogen-bond acceptors (Lipinski definition) is 3. The molecule has 4 heteroatoms. The molecule has 4 nitrogen and oxygen atoms in total. The van der Waals surface area contributed by atoms with Gasteiger partial charge in [0.15, 0.2) is 0 Å². The minimum absolute atomic E-state index is 0.691. The summed E-state index contributed by atoms with van der Waals surface area (Å²) < 4.78 is 0. The Kier molecular flexibility index (Phi) is 1.73. The van der Waals surface area contributed by atoms with Crippen LogP contribution in [0.5, 0.6) is 0 Å². The lowest BCUT2D eigenvalue weighted by Gasteiger charge is -2.04. The summed E-state index contributed by atoms with van der Waals surface area (Å²) in [6.07, 6.45) is 3.25. The first-order chi connectivity index (χ1) is 6.27. The summed E-state index contributed by atoms with van der Waals surface area (Å²) in [6.45, 7) is 2.00. The standard InChI is InChI=1S/C9H10N4/c1-7-2-3-9(8(10)6-7)13-11-4-5-12-13/h2-6H,10H2,1H3. The first-order valence-electron chi connectivity index (χ1n) is 4.00. The van der Waals surface area contributed by atoms with Gasteiger partial charge < -0.3 is 5.73 Å². The van der Waals surface area contributed by atoms with Crippen LogP contribution in [0.1, 0.15) is 5.56 Å². The monoisotopic (exact) mass is 174 g/mol. The van der Waals surface area contributed by atoms with Gasteiger partial charge in [0.1, 0.15) is 5.69 Å². The van der Waals surface area contributed by atoms with E-state index >= 15 is 0 Å². The zero-order valence-electron chi connectivity index (χ0n) is 7.31. The highest BCUT2D eigenvalue weighted by atomic mass is 15.5. The van der Waals surface area contributed by atoms with Crippen LogP contribution in [0.4, 0.5) is 5.69 Å². The molecular formula is C9H10N4. The van der Waals surface area contributed by atoms with Crippen LogP contribution >= 0.6 is 0 Å². The van der Waals surface area contributed by atoms with Crippen LogP contribution in [0.25, 0.3) is 5.69 Å². The second-order valence-electron chi connectivity index (χ2n) is 2.88. The molecule has 2 N–H and O–H groups in total. The summed E-state index contributed by atoms with van der Waals surface area (Å²) in [5.41, 5.74) is 8.45. The average molecular weight is 174 g/mol. The zero-order chi connectivity index (χ0) is 9.26. The van der Waals surface area contributed by atoms with Crippen molar-refractivity contribution in [3.8, 4) is 5.69 Å². The van der Waals surface area contributed by atoms with Crippen LogP contribution in [0.15, 0.2) is 30.6 Å². The third-order valence-corrected chi connectivity index (χ3v) is 1.82. The van der Waals surface area contributed by atoms with Gasteiger partial charge in [-0.25, -0.2) is 0 Å². The maximum absolute atomic E-state index is 5.81. The molecular weight excluding hydrogens is 164 g/mol. The first-order valence-corrected chi connectivity index (χ1v) is 4.00. The minimum Gasteiger partial charge on any atom is -0.397 e. The van der Waals surface area contributed by atoms with E-state index in [1.807, 2.05) is 25.1 Å². The number of aryl methyl sites for hydroxylation is 1. The Hall–Kier alpha value is -1.84. The molecule has 1 aromatic carbocycles.